The van der Waals surface area contributed by atoms with Gasteiger partial charge in [0.05, 0.1) is 34.4 Å². The molecule has 0 atom stereocenters. The lowest BCUT2D eigenvalue weighted by Crippen LogP contribution is -2.23. The van der Waals surface area contributed by atoms with Crippen LogP contribution in [0.4, 0.5) is 11.6 Å². The van der Waals surface area contributed by atoms with Crippen LogP contribution in [0.3, 0.4) is 0 Å². The third-order valence-electron chi connectivity index (χ3n) is 5.66. The van der Waals surface area contributed by atoms with Gasteiger partial charge in [0.25, 0.3) is 22.1 Å². The lowest BCUT2D eigenvalue weighted by molar-refractivity contribution is -0.122. The highest BCUT2D eigenvalue weighted by Crippen LogP contribution is 2.31. The van der Waals surface area contributed by atoms with Crippen molar-refractivity contribution in [3.05, 3.63) is 100 Å². The Morgan fingerprint density at radius 1 is 1.02 bits per heavy atom. The molecular weight excluding hydrogens is 558 g/mol. The number of nitrogens with two attached hydrogens (primary N) is 1. The molecule has 0 unspecified atom stereocenters. The van der Waals surface area contributed by atoms with Crippen LogP contribution < -0.4 is 20.8 Å². The van der Waals surface area contributed by atoms with E-state index in [9.17, 15) is 13.2 Å². The molecule has 0 radical (unpaired) electrons. The number of para-hydroxylation sites is 2. The van der Waals surface area contributed by atoms with Crippen LogP contribution >= 0.6 is 11.6 Å². The summed E-state index contributed by atoms with van der Waals surface area (Å²) in [5.74, 6) is -0.0356. The highest BCUT2D eigenvalue weighted by molar-refractivity contribution is 7.92. The summed E-state index contributed by atoms with van der Waals surface area (Å²) in [6, 6.07) is 21.8. The summed E-state index contributed by atoms with van der Waals surface area (Å²) < 4.78 is 35.5. The maximum Gasteiger partial charge on any atom is 0.290 e. The standard InChI is InChI=1S/C26H20ClN5O4S.CH2O2/c1-36-24-23(37(34,35)31-22-10-6-5-9-20(22)27)14-17(15-29-24)16-11-12-21-19(13-16)25(33)32(26(28)30-21)18-7-3-2-4-8-18;2-1-3/h2-15,31H,1H3,(H2,28,30);1H,(H,2,3). The van der Waals surface area contributed by atoms with Crippen molar-refractivity contribution in [2.45, 2.75) is 4.90 Å². The van der Waals surface area contributed by atoms with E-state index in [0.29, 0.717) is 27.7 Å². The van der Waals surface area contributed by atoms with Crippen LogP contribution in [0.2, 0.25) is 5.02 Å². The fourth-order valence-electron chi connectivity index (χ4n) is 3.89. The largest absolute Gasteiger partial charge is 0.483 e. The van der Waals surface area contributed by atoms with Crippen molar-refractivity contribution in [3.8, 4) is 22.7 Å². The Balaban J connectivity index is 0.00000118. The number of aromatic nitrogens is 3. The van der Waals surface area contributed by atoms with Gasteiger partial charge in [-0.05, 0) is 48.0 Å². The number of nitrogens with one attached hydrogen (secondary N) is 1. The Bertz CT molecular complexity index is 1860. The zero-order chi connectivity index (χ0) is 28.9. The Hall–Kier alpha value is -4.94. The van der Waals surface area contributed by atoms with Crippen LogP contribution in [-0.4, -0.2) is 41.6 Å². The molecule has 0 aliphatic heterocycles. The highest BCUT2D eigenvalue weighted by Gasteiger charge is 2.23. The van der Waals surface area contributed by atoms with Gasteiger partial charge in [-0.2, -0.15) is 0 Å². The number of fused-ring (bicyclic) bond motifs is 1. The van der Waals surface area contributed by atoms with Crippen molar-refractivity contribution in [3.63, 3.8) is 0 Å². The first-order chi connectivity index (χ1) is 19.2. The monoisotopic (exact) mass is 579 g/mol. The van der Waals surface area contributed by atoms with Crippen molar-refractivity contribution in [1.82, 2.24) is 14.5 Å². The molecule has 0 bridgehead atoms. The summed E-state index contributed by atoms with van der Waals surface area (Å²) >= 11 is 6.14. The average Bonchev–Trinajstić information content (AvgIpc) is 2.95. The van der Waals surface area contributed by atoms with Crippen molar-refractivity contribution in [2.75, 3.05) is 17.6 Å². The first-order valence-corrected chi connectivity index (χ1v) is 13.3. The van der Waals surface area contributed by atoms with Gasteiger partial charge in [-0.15, -0.1) is 0 Å². The minimum atomic E-state index is -4.12. The lowest BCUT2D eigenvalue weighted by Gasteiger charge is -2.14. The first-order valence-electron chi connectivity index (χ1n) is 11.5. The second-order valence-corrected chi connectivity index (χ2v) is 10.2. The van der Waals surface area contributed by atoms with E-state index in [1.54, 1.807) is 66.7 Å². The van der Waals surface area contributed by atoms with Crippen molar-refractivity contribution >= 4 is 50.6 Å². The number of anilines is 2. The molecule has 4 N–H and O–H groups in total. The van der Waals surface area contributed by atoms with Gasteiger partial charge in [0.1, 0.15) is 4.90 Å². The number of benzene rings is 3. The molecule has 3 aromatic carbocycles. The number of hydrogen-bond acceptors (Lipinski definition) is 8. The van der Waals surface area contributed by atoms with Crippen LogP contribution in [0.1, 0.15) is 0 Å². The number of methoxy groups -OCH3 is 1. The molecule has 204 valence electrons. The van der Waals surface area contributed by atoms with Crippen LogP contribution in [0, 0.1) is 0 Å². The maximum absolute atomic E-state index is 13.4. The Kier molecular flexibility index (Phi) is 8.31. The third kappa shape index (κ3) is 5.72. The molecule has 0 fully saturated rings. The van der Waals surface area contributed by atoms with Gasteiger partial charge < -0.3 is 15.6 Å². The number of carbonyl (C=O) groups is 1. The molecular formula is C27H22ClN5O6S. The molecule has 0 saturated heterocycles. The van der Waals surface area contributed by atoms with E-state index < -0.39 is 10.0 Å². The molecule has 5 aromatic rings. The van der Waals surface area contributed by atoms with Crippen LogP contribution in [0.5, 0.6) is 5.88 Å². The van der Waals surface area contributed by atoms with E-state index >= 15 is 0 Å². The SMILES string of the molecule is COc1ncc(-c2ccc3nc(N)n(-c4ccccc4)c(=O)c3c2)cc1S(=O)(=O)Nc1ccccc1Cl.O=CO. The Labute approximate surface area is 233 Å². The summed E-state index contributed by atoms with van der Waals surface area (Å²) in [5.41, 5.74) is 7.94. The molecule has 11 nitrogen and oxygen atoms in total. The molecule has 0 aliphatic carbocycles. The predicted molar refractivity (Wildman–Crippen MR) is 152 cm³/mol. The Morgan fingerprint density at radius 3 is 2.38 bits per heavy atom. The lowest BCUT2D eigenvalue weighted by atomic mass is 10.1. The quantitative estimate of drug-likeness (QED) is 0.250. The fraction of sp³-hybridized carbons (Fsp3) is 0.0370. The van der Waals surface area contributed by atoms with Crippen LogP contribution in [-0.2, 0) is 14.8 Å². The van der Waals surface area contributed by atoms with E-state index in [1.807, 2.05) is 6.07 Å². The first kappa shape index (κ1) is 28.1. The summed E-state index contributed by atoms with van der Waals surface area (Å²) in [7, 11) is -2.80. The van der Waals surface area contributed by atoms with E-state index in [4.69, 9.17) is 32.0 Å². The fourth-order valence-corrected chi connectivity index (χ4v) is 5.35. The highest BCUT2D eigenvalue weighted by atomic mass is 35.5. The van der Waals surface area contributed by atoms with Crippen molar-refractivity contribution < 1.29 is 23.1 Å². The molecule has 5 rings (SSSR count). The maximum atomic E-state index is 13.4. The molecule has 0 saturated carbocycles. The number of nitrogen functional groups attached to an aromatic ring is 1. The zero-order valence-corrected chi connectivity index (χ0v) is 22.4. The third-order valence-corrected chi connectivity index (χ3v) is 7.35. The van der Waals surface area contributed by atoms with Crippen molar-refractivity contribution in [2.24, 2.45) is 0 Å². The number of halogens is 1. The second-order valence-electron chi connectivity index (χ2n) is 8.10. The van der Waals surface area contributed by atoms with Gasteiger partial charge in [-0.25, -0.2) is 23.0 Å². The smallest absolute Gasteiger partial charge is 0.290 e. The number of pyridine rings is 1. The number of sulfonamides is 1. The molecule has 13 heteroatoms. The van der Waals surface area contributed by atoms with Crippen molar-refractivity contribution in [1.29, 1.82) is 0 Å². The minimum Gasteiger partial charge on any atom is -0.483 e. The summed E-state index contributed by atoms with van der Waals surface area (Å²) in [6.45, 7) is -0.250. The Morgan fingerprint density at radius 2 is 1.70 bits per heavy atom. The van der Waals surface area contributed by atoms with E-state index in [1.165, 1.54) is 23.9 Å². The number of ether oxygens (including phenoxy) is 1. The van der Waals surface area contributed by atoms with Gasteiger partial charge >= 0.3 is 0 Å². The zero-order valence-electron chi connectivity index (χ0n) is 20.9. The number of carboxylic acid groups (broad SMARTS) is 1. The minimum absolute atomic E-state index is 0.0570. The van der Waals surface area contributed by atoms with Gasteiger partial charge in [0.15, 0.2) is 0 Å². The van der Waals surface area contributed by atoms with Gasteiger partial charge in [0, 0.05) is 11.8 Å². The molecule has 2 aromatic heterocycles. The number of rotatable bonds is 6. The molecule has 2 heterocycles. The van der Waals surface area contributed by atoms with Gasteiger partial charge in [-0.3, -0.25) is 14.3 Å². The number of nitrogens with zero attached hydrogens (tertiary/aromatic N) is 3. The normalized spacial score (nSPS) is 10.8. The van der Waals surface area contributed by atoms with Crippen LogP contribution in [0.25, 0.3) is 27.7 Å². The average molecular weight is 580 g/mol. The second kappa shape index (κ2) is 11.8. The van der Waals surface area contributed by atoms with E-state index in [2.05, 4.69) is 14.7 Å². The summed E-state index contributed by atoms with van der Waals surface area (Å²) in [5, 5.41) is 7.44. The molecule has 0 amide bonds. The molecule has 40 heavy (non-hydrogen) atoms. The molecule has 0 aliphatic rings. The predicted octanol–water partition coefficient (Wildman–Crippen LogP) is 4.19. The summed E-state index contributed by atoms with van der Waals surface area (Å²) in [6.07, 6.45) is 1.47. The molecule has 0 spiro atoms. The topological polar surface area (TPSA) is 166 Å². The number of hydrogen-bond donors (Lipinski definition) is 3. The van der Waals surface area contributed by atoms with E-state index in [0.717, 1.165) is 0 Å². The summed E-state index contributed by atoms with van der Waals surface area (Å²) in [4.78, 5) is 30.1. The van der Waals surface area contributed by atoms with Gasteiger partial charge in [0.2, 0.25) is 11.8 Å². The van der Waals surface area contributed by atoms with E-state index in [-0.39, 0.29) is 39.5 Å². The van der Waals surface area contributed by atoms with Gasteiger partial charge in [-0.1, -0.05) is 48.0 Å². The van der Waals surface area contributed by atoms with Crippen LogP contribution in [0.15, 0.2) is 94.7 Å².